The van der Waals surface area contributed by atoms with Crippen molar-refractivity contribution in [3.05, 3.63) is 46.6 Å². The lowest BCUT2D eigenvalue weighted by Crippen LogP contribution is -2.08. The van der Waals surface area contributed by atoms with Crippen molar-refractivity contribution in [2.75, 3.05) is 0 Å². The minimum atomic E-state index is -4.41. The van der Waals surface area contributed by atoms with E-state index in [-0.39, 0.29) is 10.6 Å². The van der Waals surface area contributed by atoms with Crippen molar-refractivity contribution in [2.45, 2.75) is 24.9 Å². The summed E-state index contributed by atoms with van der Waals surface area (Å²) in [6, 6.07) is 5.91. The van der Waals surface area contributed by atoms with Gasteiger partial charge in [0.05, 0.1) is 10.6 Å². The highest BCUT2D eigenvalue weighted by atomic mass is 35.5. The minimum Gasteiger partial charge on any atom is -0.361 e. The second-order valence-corrected chi connectivity index (χ2v) is 5.13. The van der Waals surface area contributed by atoms with Crippen LogP contribution in [0.3, 0.4) is 0 Å². The van der Waals surface area contributed by atoms with Crippen LogP contribution < -0.4 is 0 Å². The zero-order chi connectivity index (χ0) is 13.6. The van der Waals surface area contributed by atoms with Gasteiger partial charge in [0.2, 0.25) is 0 Å². The quantitative estimate of drug-likeness (QED) is 0.777. The molecule has 0 saturated heterocycles. The zero-order valence-corrected chi connectivity index (χ0v) is 10.6. The van der Waals surface area contributed by atoms with Crippen molar-refractivity contribution in [3.8, 4) is 11.3 Å². The minimum absolute atomic E-state index is 0.0589. The molecule has 1 N–H and O–H groups in total. The summed E-state index contributed by atoms with van der Waals surface area (Å²) in [5, 5.41) is 0.222. The first-order valence-corrected chi connectivity index (χ1v) is 6.39. The molecule has 1 heterocycles. The van der Waals surface area contributed by atoms with Crippen LogP contribution in [0.5, 0.6) is 0 Å². The van der Waals surface area contributed by atoms with Crippen LogP contribution in [-0.2, 0) is 6.18 Å². The summed E-state index contributed by atoms with van der Waals surface area (Å²) in [4.78, 5) is 2.81. The van der Waals surface area contributed by atoms with Gasteiger partial charge in [-0.2, -0.15) is 13.2 Å². The number of aromatic amines is 1. The molecule has 1 aromatic carbocycles. The molecule has 100 valence electrons. The van der Waals surface area contributed by atoms with E-state index in [1.54, 1.807) is 18.3 Å². The summed E-state index contributed by atoms with van der Waals surface area (Å²) in [6.07, 6.45) is -0.827. The van der Waals surface area contributed by atoms with Gasteiger partial charge < -0.3 is 4.98 Å². The largest absolute Gasteiger partial charge is 0.417 e. The molecular formula is C14H11ClF3N. The lowest BCUT2D eigenvalue weighted by molar-refractivity contribution is -0.137. The van der Waals surface area contributed by atoms with Gasteiger partial charge in [-0.1, -0.05) is 17.7 Å². The molecule has 3 rings (SSSR count). The molecule has 19 heavy (non-hydrogen) atoms. The highest BCUT2D eigenvalue weighted by Crippen LogP contribution is 2.48. The van der Waals surface area contributed by atoms with Gasteiger partial charge in [0.25, 0.3) is 0 Å². The van der Waals surface area contributed by atoms with E-state index in [1.807, 2.05) is 0 Å². The summed E-state index contributed by atoms with van der Waals surface area (Å²) >= 11 is 6.23. The highest BCUT2D eigenvalue weighted by molar-refractivity contribution is 6.34. The van der Waals surface area contributed by atoms with Crippen LogP contribution in [0.15, 0.2) is 30.5 Å². The van der Waals surface area contributed by atoms with Gasteiger partial charge in [0.1, 0.15) is 0 Å². The van der Waals surface area contributed by atoms with E-state index in [0.29, 0.717) is 11.6 Å². The van der Waals surface area contributed by atoms with Gasteiger partial charge in [-0.3, -0.25) is 0 Å². The zero-order valence-electron chi connectivity index (χ0n) is 9.89. The average Bonchev–Trinajstić information content (AvgIpc) is 3.02. The maximum absolute atomic E-state index is 13.1. The Morgan fingerprint density at radius 3 is 2.42 bits per heavy atom. The molecule has 0 unspecified atom stereocenters. The smallest absolute Gasteiger partial charge is 0.361 e. The fraction of sp³-hybridized carbons (Fsp3) is 0.286. The lowest BCUT2D eigenvalue weighted by Gasteiger charge is -2.16. The number of benzene rings is 1. The predicted molar refractivity (Wildman–Crippen MR) is 68.2 cm³/mol. The maximum Gasteiger partial charge on any atom is 0.417 e. The highest BCUT2D eigenvalue weighted by Gasteiger charge is 2.37. The Bertz CT molecular complexity index is 598. The number of nitrogens with one attached hydrogen (secondary N) is 1. The number of H-pyrrole nitrogens is 1. The Hall–Kier alpha value is -1.42. The van der Waals surface area contributed by atoms with Crippen molar-refractivity contribution in [1.82, 2.24) is 4.98 Å². The Balaban J connectivity index is 2.24. The Morgan fingerprint density at radius 2 is 1.89 bits per heavy atom. The number of alkyl halides is 3. The van der Waals surface area contributed by atoms with E-state index in [4.69, 9.17) is 11.6 Å². The molecule has 0 spiro atoms. The molecule has 0 aliphatic heterocycles. The lowest BCUT2D eigenvalue weighted by atomic mass is 9.98. The SMILES string of the molecule is FC(F)(F)c1ccc(C2CC2)c(Cl)c1-c1ccc[nH]1. The monoisotopic (exact) mass is 285 g/mol. The number of rotatable bonds is 2. The molecule has 1 fully saturated rings. The maximum atomic E-state index is 13.1. The van der Waals surface area contributed by atoms with Crippen LogP contribution in [0, 0.1) is 0 Å². The van der Waals surface area contributed by atoms with Crippen molar-refractivity contribution in [2.24, 2.45) is 0 Å². The molecule has 0 amide bonds. The van der Waals surface area contributed by atoms with Gasteiger partial charge in [-0.25, -0.2) is 0 Å². The van der Waals surface area contributed by atoms with Crippen LogP contribution in [0.4, 0.5) is 13.2 Å². The Morgan fingerprint density at radius 1 is 1.16 bits per heavy atom. The molecule has 0 radical (unpaired) electrons. The summed E-state index contributed by atoms with van der Waals surface area (Å²) in [5.74, 6) is 0.309. The molecule has 1 aromatic heterocycles. The van der Waals surface area contributed by atoms with Crippen LogP contribution in [0.1, 0.15) is 29.9 Å². The fourth-order valence-corrected chi connectivity index (χ4v) is 2.71. The summed E-state index contributed by atoms with van der Waals surface area (Å²) in [7, 11) is 0. The van der Waals surface area contributed by atoms with Gasteiger partial charge in [-0.15, -0.1) is 0 Å². The Kier molecular flexibility index (Phi) is 2.86. The summed E-state index contributed by atoms with van der Waals surface area (Å²) in [5.41, 5.74) is 0.590. The van der Waals surface area contributed by atoms with Crippen LogP contribution in [0.25, 0.3) is 11.3 Å². The molecule has 1 aliphatic carbocycles. The van der Waals surface area contributed by atoms with Crippen molar-refractivity contribution < 1.29 is 13.2 Å². The topological polar surface area (TPSA) is 15.8 Å². The second-order valence-electron chi connectivity index (χ2n) is 4.75. The number of aromatic nitrogens is 1. The third-order valence-corrected chi connectivity index (χ3v) is 3.77. The first kappa shape index (κ1) is 12.6. The van der Waals surface area contributed by atoms with Crippen LogP contribution in [0.2, 0.25) is 5.02 Å². The molecular weight excluding hydrogens is 275 g/mol. The molecule has 0 atom stereocenters. The number of hydrogen-bond donors (Lipinski definition) is 1. The Labute approximate surface area is 113 Å². The molecule has 1 saturated carbocycles. The van der Waals surface area contributed by atoms with E-state index in [2.05, 4.69) is 4.98 Å². The van der Waals surface area contributed by atoms with E-state index in [9.17, 15) is 13.2 Å². The molecule has 2 aromatic rings. The van der Waals surface area contributed by atoms with Crippen LogP contribution in [-0.4, -0.2) is 4.98 Å². The normalized spacial score (nSPS) is 15.8. The van der Waals surface area contributed by atoms with E-state index >= 15 is 0 Å². The standard InChI is InChI=1S/C14H11ClF3N/c15-13-9(8-3-4-8)5-6-10(14(16,17)18)12(13)11-2-1-7-19-11/h1-2,5-8,19H,3-4H2. The average molecular weight is 286 g/mol. The first-order valence-electron chi connectivity index (χ1n) is 6.02. The van der Waals surface area contributed by atoms with Crippen LogP contribution >= 0.6 is 11.6 Å². The third kappa shape index (κ3) is 2.25. The summed E-state index contributed by atoms with van der Waals surface area (Å²) in [6.45, 7) is 0. The van der Waals surface area contributed by atoms with E-state index < -0.39 is 11.7 Å². The van der Waals surface area contributed by atoms with Gasteiger partial charge in [-0.05, 0) is 42.5 Å². The van der Waals surface area contributed by atoms with E-state index in [1.165, 1.54) is 6.07 Å². The molecule has 1 aliphatic rings. The second kappa shape index (κ2) is 4.30. The molecule has 5 heteroatoms. The van der Waals surface area contributed by atoms with Crippen molar-refractivity contribution >= 4 is 11.6 Å². The van der Waals surface area contributed by atoms with Gasteiger partial charge >= 0.3 is 6.18 Å². The van der Waals surface area contributed by atoms with Gasteiger partial charge in [0, 0.05) is 17.5 Å². The van der Waals surface area contributed by atoms with E-state index in [0.717, 1.165) is 24.5 Å². The predicted octanol–water partition coefficient (Wildman–Crippen LogP) is 5.23. The van der Waals surface area contributed by atoms with Gasteiger partial charge in [0.15, 0.2) is 0 Å². The van der Waals surface area contributed by atoms with Crippen molar-refractivity contribution in [3.63, 3.8) is 0 Å². The first-order chi connectivity index (χ1) is 8.98. The third-order valence-electron chi connectivity index (χ3n) is 3.36. The molecule has 0 bridgehead atoms. The molecule has 1 nitrogen and oxygen atoms in total. The number of halogens is 4. The van der Waals surface area contributed by atoms with Crippen molar-refractivity contribution in [1.29, 1.82) is 0 Å². The number of hydrogen-bond acceptors (Lipinski definition) is 0. The summed E-state index contributed by atoms with van der Waals surface area (Å²) < 4.78 is 39.3. The fourth-order valence-electron chi connectivity index (χ4n) is 2.29.